The van der Waals surface area contributed by atoms with Crippen LogP contribution in [0.4, 0.5) is 5.69 Å². The second-order valence-electron chi connectivity index (χ2n) is 8.45. The molecule has 0 radical (unpaired) electrons. The van der Waals surface area contributed by atoms with Crippen LogP contribution in [0.3, 0.4) is 0 Å². The lowest BCUT2D eigenvalue weighted by Crippen LogP contribution is -2.58. The lowest BCUT2D eigenvalue weighted by Gasteiger charge is -2.37. The van der Waals surface area contributed by atoms with Gasteiger partial charge in [0.25, 0.3) is 5.69 Å². The Bertz CT molecular complexity index is 1250. The second-order valence-corrected chi connectivity index (χ2v) is 10.2. The summed E-state index contributed by atoms with van der Waals surface area (Å²) in [5.74, 6) is -0.601. The molecule has 3 aromatic rings. The molecule has 2 aliphatic rings. The number of thioether (sulfide) groups is 1. The van der Waals surface area contributed by atoms with Crippen molar-refractivity contribution in [2.45, 2.75) is 42.7 Å². The molecule has 174 valence electrons. The number of nitro benzene ring substituents is 1. The molecule has 2 aromatic carbocycles. The van der Waals surface area contributed by atoms with Crippen LogP contribution in [0.5, 0.6) is 0 Å². The van der Waals surface area contributed by atoms with Crippen LogP contribution in [0.2, 0.25) is 0 Å². The number of aromatic nitrogens is 3. The number of nitro groups is 1. The van der Waals surface area contributed by atoms with Crippen molar-refractivity contribution in [3.05, 3.63) is 76.5 Å². The lowest BCUT2D eigenvalue weighted by molar-refractivity contribution is -0.384. The third kappa shape index (κ3) is 4.03. The molecule has 0 spiro atoms. The molecule has 1 amide bonds. The fraction of sp³-hybridized carbons (Fsp3) is 0.304. The van der Waals surface area contributed by atoms with Crippen molar-refractivity contribution in [2.75, 3.05) is 0 Å². The largest absolute Gasteiger partial charge is 0.459 e. The monoisotopic (exact) mass is 479 g/mol. The average Bonchev–Trinajstić information content (AvgIpc) is 3.38. The smallest absolute Gasteiger partial charge is 0.330 e. The number of ether oxygens (including phenoxy) is 1. The van der Waals surface area contributed by atoms with Gasteiger partial charge in [0.15, 0.2) is 0 Å². The summed E-state index contributed by atoms with van der Waals surface area (Å²) in [6.45, 7) is 2.20. The predicted octanol–water partition coefficient (Wildman–Crippen LogP) is 3.03. The average molecular weight is 480 g/mol. The Hall–Kier alpha value is -3.73. The highest BCUT2D eigenvalue weighted by Gasteiger charge is 2.61. The number of carbonyl (C=O) groups is 2. The van der Waals surface area contributed by atoms with Crippen molar-refractivity contribution >= 4 is 29.3 Å². The highest BCUT2D eigenvalue weighted by atomic mass is 32.2. The van der Waals surface area contributed by atoms with Gasteiger partial charge in [0.05, 0.1) is 34.2 Å². The zero-order chi connectivity index (χ0) is 23.9. The maximum atomic E-state index is 13.2. The number of carbonyl (C=O) groups excluding carboxylic acids is 2. The number of amides is 1. The van der Waals surface area contributed by atoms with Crippen LogP contribution in [0.25, 0.3) is 11.3 Å². The molecular weight excluding hydrogens is 458 g/mol. The van der Waals surface area contributed by atoms with Crippen LogP contribution in [-0.2, 0) is 27.5 Å². The molecule has 3 heterocycles. The molecule has 0 aliphatic carbocycles. The fourth-order valence-electron chi connectivity index (χ4n) is 4.31. The second kappa shape index (κ2) is 8.56. The van der Waals surface area contributed by atoms with Gasteiger partial charge in [0.2, 0.25) is 5.91 Å². The Morgan fingerprint density at radius 3 is 2.65 bits per heavy atom. The zero-order valence-electron chi connectivity index (χ0n) is 18.2. The predicted molar refractivity (Wildman–Crippen MR) is 123 cm³/mol. The van der Waals surface area contributed by atoms with Gasteiger partial charge in [-0.25, -0.2) is 4.79 Å². The van der Waals surface area contributed by atoms with Crippen LogP contribution >= 0.6 is 11.8 Å². The number of hydrogen-bond donors (Lipinski definition) is 0. The number of fused-ring (bicyclic) bond motifs is 1. The summed E-state index contributed by atoms with van der Waals surface area (Å²) in [5.41, 5.74) is 2.25. The van der Waals surface area contributed by atoms with Crippen LogP contribution in [0.1, 0.15) is 18.9 Å². The molecule has 2 saturated heterocycles. The Morgan fingerprint density at radius 2 is 1.97 bits per heavy atom. The third-order valence-corrected chi connectivity index (χ3v) is 7.58. The molecule has 0 unspecified atom stereocenters. The van der Waals surface area contributed by atoms with E-state index in [2.05, 4.69) is 10.2 Å². The number of rotatable bonds is 7. The highest BCUT2D eigenvalue weighted by molar-refractivity contribution is 8.01. The van der Waals surface area contributed by atoms with Crippen molar-refractivity contribution < 1.29 is 19.2 Å². The summed E-state index contributed by atoms with van der Waals surface area (Å²) in [7, 11) is 0. The van der Waals surface area contributed by atoms with E-state index in [1.807, 2.05) is 37.3 Å². The van der Waals surface area contributed by atoms with Crippen molar-refractivity contribution in [3.8, 4) is 11.3 Å². The van der Waals surface area contributed by atoms with Crippen LogP contribution in [-0.4, -0.2) is 52.9 Å². The number of non-ortho nitro benzene ring substituents is 1. The van der Waals surface area contributed by atoms with Crippen molar-refractivity contribution in [2.24, 2.45) is 0 Å². The van der Waals surface area contributed by atoms with Gasteiger partial charge in [0, 0.05) is 17.7 Å². The van der Waals surface area contributed by atoms with Gasteiger partial charge in [-0.3, -0.25) is 14.9 Å². The Morgan fingerprint density at radius 1 is 1.24 bits per heavy atom. The first-order chi connectivity index (χ1) is 16.3. The first-order valence-corrected chi connectivity index (χ1v) is 11.6. The van der Waals surface area contributed by atoms with E-state index in [-0.39, 0.29) is 23.6 Å². The minimum Gasteiger partial charge on any atom is -0.459 e. The molecule has 5 rings (SSSR count). The first kappa shape index (κ1) is 22.1. The van der Waals surface area contributed by atoms with Gasteiger partial charge in [-0.2, -0.15) is 15.0 Å². The Kier molecular flexibility index (Phi) is 5.56. The van der Waals surface area contributed by atoms with Gasteiger partial charge in [-0.05, 0) is 24.6 Å². The summed E-state index contributed by atoms with van der Waals surface area (Å²) < 4.78 is 4.87. The zero-order valence-corrected chi connectivity index (χ0v) is 19.1. The summed E-state index contributed by atoms with van der Waals surface area (Å²) in [5, 5.41) is 19.7. The Balaban J connectivity index is 1.32. The van der Waals surface area contributed by atoms with E-state index in [9.17, 15) is 19.7 Å². The molecule has 3 atom stereocenters. The number of benzene rings is 2. The molecule has 2 fully saturated rings. The van der Waals surface area contributed by atoms with Crippen molar-refractivity contribution in [1.29, 1.82) is 0 Å². The summed E-state index contributed by atoms with van der Waals surface area (Å²) in [6, 6.07) is 14.7. The van der Waals surface area contributed by atoms with Crippen LogP contribution in [0.15, 0.2) is 60.8 Å². The van der Waals surface area contributed by atoms with Gasteiger partial charge >= 0.3 is 5.97 Å². The minimum absolute atomic E-state index is 0.0366. The summed E-state index contributed by atoms with van der Waals surface area (Å²) in [4.78, 5) is 39.0. The molecule has 0 N–H and O–H groups in total. The summed E-state index contributed by atoms with van der Waals surface area (Å²) in [6.07, 6.45) is 2.06. The normalized spacial score (nSPS) is 23.3. The molecule has 34 heavy (non-hydrogen) atoms. The first-order valence-electron chi connectivity index (χ1n) is 10.7. The molecule has 11 heteroatoms. The van der Waals surface area contributed by atoms with E-state index in [0.29, 0.717) is 18.5 Å². The van der Waals surface area contributed by atoms with Gasteiger partial charge < -0.3 is 9.64 Å². The van der Waals surface area contributed by atoms with E-state index in [1.54, 1.807) is 39.8 Å². The van der Waals surface area contributed by atoms with Gasteiger partial charge in [-0.15, -0.1) is 11.8 Å². The molecule has 1 aromatic heterocycles. The SMILES string of the molecule is C[C@@]1(Cn2ncc(-c3ccccc3)n2)S[C@@H]2CC(=O)N2[C@H]1C(=O)OCc1ccc([N+](=O)[O-])cc1. The van der Waals surface area contributed by atoms with E-state index in [1.165, 1.54) is 12.1 Å². The van der Waals surface area contributed by atoms with Crippen molar-refractivity contribution in [3.63, 3.8) is 0 Å². The highest BCUT2D eigenvalue weighted by Crippen LogP contribution is 2.52. The lowest BCUT2D eigenvalue weighted by atomic mass is 9.96. The van der Waals surface area contributed by atoms with Crippen LogP contribution in [0, 0.1) is 10.1 Å². The Labute approximate surface area is 199 Å². The third-order valence-electron chi connectivity index (χ3n) is 6.02. The maximum Gasteiger partial charge on any atom is 0.330 e. The molecule has 0 saturated carbocycles. The molecular formula is C23H21N5O5S. The molecule has 0 bridgehead atoms. The maximum absolute atomic E-state index is 13.2. The fourth-order valence-corrected chi connectivity index (χ4v) is 6.04. The van der Waals surface area contributed by atoms with E-state index in [4.69, 9.17) is 4.74 Å². The number of hydrogen-bond acceptors (Lipinski definition) is 8. The standard InChI is InChI=1S/C23H21N5O5S/c1-23(14-26-24-12-18(25-26)16-5-3-2-4-6-16)21(27-19(29)11-20(27)34-23)22(30)33-13-15-7-9-17(10-8-15)28(31)32/h2-10,12,20-21H,11,13-14H2,1H3/t20-,21+,23+/m1/s1. The molecule has 10 nitrogen and oxygen atoms in total. The molecule has 2 aliphatic heterocycles. The number of β-lactam (4-membered cyclic amide) rings is 1. The van der Waals surface area contributed by atoms with Gasteiger partial charge in [-0.1, -0.05) is 30.3 Å². The van der Waals surface area contributed by atoms with Gasteiger partial charge in [0.1, 0.15) is 18.3 Å². The number of nitrogens with zero attached hydrogens (tertiary/aromatic N) is 5. The number of esters is 1. The quantitative estimate of drug-likeness (QED) is 0.219. The van der Waals surface area contributed by atoms with Crippen molar-refractivity contribution in [1.82, 2.24) is 19.9 Å². The van der Waals surface area contributed by atoms with E-state index < -0.39 is 21.7 Å². The minimum atomic E-state index is -0.784. The van der Waals surface area contributed by atoms with Crippen LogP contribution < -0.4 is 0 Å². The summed E-state index contributed by atoms with van der Waals surface area (Å²) >= 11 is 1.56. The van der Waals surface area contributed by atoms with E-state index >= 15 is 0 Å². The topological polar surface area (TPSA) is 120 Å². The van der Waals surface area contributed by atoms with E-state index in [0.717, 1.165) is 11.3 Å².